The van der Waals surface area contributed by atoms with Gasteiger partial charge < -0.3 is 5.32 Å². The van der Waals surface area contributed by atoms with Gasteiger partial charge in [-0.2, -0.15) is 0 Å². The lowest BCUT2D eigenvalue weighted by molar-refractivity contribution is -0.119. The summed E-state index contributed by atoms with van der Waals surface area (Å²) in [5.41, 5.74) is 4.55. The van der Waals surface area contributed by atoms with E-state index in [1.54, 1.807) is 0 Å². The lowest BCUT2D eigenvalue weighted by atomic mass is 9.64. The van der Waals surface area contributed by atoms with Crippen molar-refractivity contribution in [3.8, 4) is 0 Å². The minimum absolute atomic E-state index is 0.0585. The van der Waals surface area contributed by atoms with Crippen molar-refractivity contribution in [2.45, 2.75) is 59.3 Å². The zero-order chi connectivity index (χ0) is 19.6. The quantitative estimate of drug-likeness (QED) is 0.650. The van der Waals surface area contributed by atoms with Crippen LogP contribution < -0.4 is 5.32 Å². The molecule has 0 unspecified atom stereocenters. The van der Waals surface area contributed by atoms with Crippen LogP contribution in [0.15, 0.2) is 51.3 Å². The van der Waals surface area contributed by atoms with Crippen LogP contribution in [0.1, 0.15) is 64.9 Å². The molecule has 2 aliphatic carbocycles. The van der Waals surface area contributed by atoms with Crippen LogP contribution in [0.25, 0.3) is 0 Å². The number of halogens is 1. The minimum Gasteiger partial charge on any atom is -0.362 e. The van der Waals surface area contributed by atoms with Gasteiger partial charge in [0.25, 0.3) is 0 Å². The van der Waals surface area contributed by atoms with Gasteiger partial charge in [-0.1, -0.05) is 55.8 Å². The molecule has 0 bridgehead atoms. The lowest BCUT2D eigenvalue weighted by Gasteiger charge is -2.44. The molecule has 1 aliphatic heterocycles. The molecule has 3 aliphatic rings. The molecule has 0 saturated carbocycles. The van der Waals surface area contributed by atoms with Crippen molar-refractivity contribution in [3.05, 3.63) is 56.8 Å². The first-order valence-corrected chi connectivity index (χ1v) is 10.4. The van der Waals surface area contributed by atoms with Gasteiger partial charge in [-0.05, 0) is 41.4 Å². The van der Waals surface area contributed by atoms with Crippen LogP contribution >= 0.6 is 15.9 Å². The van der Waals surface area contributed by atoms with Gasteiger partial charge in [-0.25, -0.2) is 0 Å². The molecule has 1 aromatic carbocycles. The van der Waals surface area contributed by atoms with Crippen LogP contribution in [-0.4, -0.2) is 11.6 Å². The predicted molar refractivity (Wildman–Crippen MR) is 110 cm³/mol. The molecule has 142 valence electrons. The number of allylic oxidation sites excluding steroid dienone is 4. The van der Waals surface area contributed by atoms with E-state index in [0.29, 0.717) is 12.8 Å². The number of carbonyl (C=O) groups excluding carboxylic acids is 2. The standard InChI is InChI=1S/C23H26BrNO2/c1-22(2)9-15-20(17(26)11-22)19(13-6-5-7-14(24)8-13)21-16(25-15)10-23(3,4)12-18(21)27/h5-8,19,25H,9-12H2,1-4H3. The summed E-state index contributed by atoms with van der Waals surface area (Å²) in [4.78, 5) is 26.4. The Labute approximate surface area is 169 Å². The molecular weight excluding hydrogens is 402 g/mol. The number of rotatable bonds is 1. The molecule has 0 amide bonds. The molecule has 4 rings (SSSR count). The lowest BCUT2D eigenvalue weighted by Crippen LogP contribution is -2.42. The van der Waals surface area contributed by atoms with E-state index in [4.69, 9.17) is 0 Å². The van der Waals surface area contributed by atoms with Crippen LogP contribution in [0.2, 0.25) is 0 Å². The van der Waals surface area contributed by atoms with E-state index in [1.165, 1.54) is 0 Å². The Morgan fingerprint density at radius 2 is 1.41 bits per heavy atom. The number of carbonyl (C=O) groups is 2. The van der Waals surface area contributed by atoms with Crippen molar-refractivity contribution >= 4 is 27.5 Å². The van der Waals surface area contributed by atoms with Gasteiger partial charge in [0.1, 0.15) is 0 Å². The number of benzene rings is 1. The van der Waals surface area contributed by atoms with Gasteiger partial charge in [0, 0.05) is 45.8 Å². The SMILES string of the molecule is CC1(C)CC(=O)C2=C(C1)NC1=C(C(=O)CC(C)(C)C1)C2c1cccc(Br)c1. The average molecular weight is 428 g/mol. The highest BCUT2D eigenvalue weighted by atomic mass is 79.9. The number of nitrogens with one attached hydrogen (secondary N) is 1. The topological polar surface area (TPSA) is 46.2 Å². The van der Waals surface area contributed by atoms with E-state index in [-0.39, 0.29) is 28.3 Å². The molecule has 0 aromatic heterocycles. The average Bonchev–Trinajstić information content (AvgIpc) is 2.50. The Hall–Kier alpha value is -1.68. The van der Waals surface area contributed by atoms with Crippen LogP contribution in [0.3, 0.4) is 0 Å². The maximum Gasteiger partial charge on any atom is 0.162 e. The molecule has 3 nitrogen and oxygen atoms in total. The van der Waals surface area contributed by atoms with E-state index in [9.17, 15) is 9.59 Å². The van der Waals surface area contributed by atoms with Crippen LogP contribution in [0.5, 0.6) is 0 Å². The van der Waals surface area contributed by atoms with Crippen molar-refractivity contribution in [2.24, 2.45) is 10.8 Å². The summed E-state index contributed by atoms with van der Waals surface area (Å²) >= 11 is 3.55. The second kappa shape index (κ2) is 6.16. The normalized spacial score (nSPS) is 24.5. The second-order valence-corrected chi connectivity index (χ2v) is 10.7. The molecule has 0 radical (unpaired) electrons. The number of hydrogen-bond acceptors (Lipinski definition) is 3. The minimum atomic E-state index is -0.249. The van der Waals surface area contributed by atoms with Gasteiger partial charge in [0.2, 0.25) is 0 Å². The van der Waals surface area contributed by atoms with E-state index in [0.717, 1.165) is 45.4 Å². The summed E-state index contributed by atoms with van der Waals surface area (Å²) < 4.78 is 0.968. The molecule has 1 aromatic rings. The van der Waals surface area contributed by atoms with Crippen LogP contribution in [-0.2, 0) is 9.59 Å². The zero-order valence-electron chi connectivity index (χ0n) is 16.4. The number of ketones is 2. The summed E-state index contributed by atoms with van der Waals surface area (Å²) in [6, 6.07) is 8.05. The molecule has 27 heavy (non-hydrogen) atoms. The fourth-order valence-corrected chi connectivity index (χ4v) is 5.33. The largest absolute Gasteiger partial charge is 0.362 e. The molecule has 0 spiro atoms. The van der Waals surface area contributed by atoms with Crippen molar-refractivity contribution in [2.75, 3.05) is 0 Å². The third-order valence-corrected chi connectivity index (χ3v) is 6.39. The zero-order valence-corrected chi connectivity index (χ0v) is 18.0. The summed E-state index contributed by atoms with van der Waals surface area (Å²) in [6.07, 6.45) is 2.73. The highest BCUT2D eigenvalue weighted by Gasteiger charge is 2.46. The fourth-order valence-electron chi connectivity index (χ4n) is 4.91. The number of hydrogen-bond donors (Lipinski definition) is 1. The van der Waals surface area contributed by atoms with Gasteiger partial charge >= 0.3 is 0 Å². The van der Waals surface area contributed by atoms with Gasteiger partial charge in [-0.15, -0.1) is 0 Å². The monoisotopic (exact) mass is 427 g/mol. The van der Waals surface area contributed by atoms with Crippen molar-refractivity contribution in [1.29, 1.82) is 0 Å². The van der Waals surface area contributed by atoms with E-state index >= 15 is 0 Å². The Balaban J connectivity index is 1.92. The molecule has 1 N–H and O–H groups in total. The van der Waals surface area contributed by atoms with E-state index in [1.807, 2.05) is 24.3 Å². The van der Waals surface area contributed by atoms with Crippen molar-refractivity contribution in [1.82, 2.24) is 5.32 Å². The van der Waals surface area contributed by atoms with Crippen LogP contribution in [0.4, 0.5) is 0 Å². The maximum absolute atomic E-state index is 13.2. The van der Waals surface area contributed by atoms with Gasteiger partial charge in [-0.3, -0.25) is 9.59 Å². The summed E-state index contributed by atoms with van der Waals surface area (Å²) in [5, 5.41) is 3.55. The third kappa shape index (κ3) is 3.33. The summed E-state index contributed by atoms with van der Waals surface area (Å²) in [5.74, 6) is 0.0896. The first-order chi connectivity index (χ1) is 12.6. The molecule has 0 fully saturated rings. The molecule has 0 saturated heterocycles. The van der Waals surface area contributed by atoms with Crippen molar-refractivity contribution < 1.29 is 9.59 Å². The molecule has 0 atom stereocenters. The third-order valence-electron chi connectivity index (χ3n) is 5.90. The Kier molecular flexibility index (Phi) is 4.26. The molecule has 1 heterocycles. The predicted octanol–water partition coefficient (Wildman–Crippen LogP) is 5.42. The molecule has 4 heteroatoms. The Bertz CT molecular complexity index is 868. The fraction of sp³-hybridized carbons (Fsp3) is 0.478. The Morgan fingerprint density at radius 1 is 0.889 bits per heavy atom. The highest BCUT2D eigenvalue weighted by molar-refractivity contribution is 9.10. The van der Waals surface area contributed by atoms with E-state index < -0.39 is 0 Å². The smallest absolute Gasteiger partial charge is 0.162 e. The first kappa shape index (κ1) is 18.7. The number of dihydropyridines is 1. The summed E-state index contributed by atoms with van der Waals surface area (Å²) in [7, 11) is 0. The summed E-state index contributed by atoms with van der Waals surface area (Å²) in [6.45, 7) is 8.57. The van der Waals surface area contributed by atoms with E-state index in [2.05, 4.69) is 48.9 Å². The first-order valence-electron chi connectivity index (χ1n) is 9.61. The molecular formula is C23H26BrNO2. The van der Waals surface area contributed by atoms with Gasteiger partial charge in [0.15, 0.2) is 11.6 Å². The highest BCUT2D eigenvalue weighted by Crippen LogP contribution is 2.51. The Morgan fingerprint density at radius 3 is 1.89 bits per heavy atom. The van der Waals surface area contributed by atoms with Gasteiger partial charge in [0.05, 0.1) is 0 Å². The maximum atomic E-state index is 13.2. The van der Waals surface area contributed by atoms with Crippen molar-refractivity contribution in [3.63, 3.8) is 0 Å². The number of Topliss-reactive ketones (excluding diaryl/α,β-unsaturated/α-hetero) is 2. The van der Waals surface area contributed by atoms with Crippen LogP contribution in [0, 0.1) is 10.8 Å². The second-order valence-electron chi connectivity index (χ2n) is 9.78.